The highest BCUT2D eigenvalue weighted by atomic mass is 16.3. The van der Waals surface area contributed by atoms with Gasteiger partial charge >= 0.3 is 0 Å². The lowest BCUT2D eigenvalue weighted by Crippen LogP contribution is -2.47. The summed E-state index contributed by atoms with van der Waals surface area (Å²) in [7, 11) is 1.92. The van der Waals surface area contributed by atoms with Crippen LogP contribution in [0, 0.1) is 18.8 Å². The molecule has 2 N–H and O–H groups in total. The first-order chi connectivity index (χ1) is 22.8. The van der Waals surface area contributed by atoms with Crippen molar-refractivity contribution < 1.29 is 9.90 Å². The smallest absolute Gasteiger partial charge is 0.264 e. The average molecular weight is 627 g/mol. The number of amides is 1. The first-order valence-corrected chi connectivity index (χ1v) is 15.6. The van der Waals surface area contributed by atoms with Crippen molar-refractivity contribution in [2.24, 2.45) is 7.05 Å². The van der Waals surface area contributed by atoms with Crippen LogP contribution in [0.25, 0.3) is 22.1 Å². The van der Waals surface area contributed by atoms with Crippen molar-refractivity contribution in [3.8, 4) is 17.5 Å². The van der Waals surface area contributed by atoms with Gasteiger partial charge in [0.1, 0.15) is 5.56 Å². The number of rotatable bonds is 7. The van der Waals surface area contributed by atoms with Crippen LogP contribution in [-0.4, -0.2) is 71.1 Å². The number of hydrogen-bond acceptors (Lipinski definition) is 7. The molecule has 1 aliphatic rings. The lowest BCUT2D eigenvalue weighted by molar-refractivity contribution is 0.0939. The second-order valence-electron chi connectivity index (χ2n) is 11.9. The minimum Gasteiger partial charge on any atom is -0.395 e. The van der Waals surface area contributed by atoms with E-state index in [0.29, 0.717) is 45.8 Å². The van der Waals surface area contributed by atoms with E-state index in [-0.39, 0.29) is 24.0 Å². The van der Waals surface area contributed by atoms with Crippen molar-refractivity contribution in [2.45, 2.75) is 25.8 Å². The molecule has 1 amide bonds. The Morgan fingerprint density at radius 1 is 1.09 bits per heavy atom. The quantitative estimate of drug-likeness (QED) is 0.261. The molecule has 1 aliphatic heterocycles. The number of aryl methyl sites for hydroxylation is 2. The lowest BCUT2D eigenvalue weighted by atomic mass is 9.93. The summed E-state index contributed by atoms with van der Waals surface area (Å²) >= 11 is 0. The van der Waals surface area contributed by atoms with Gasteiger partial charge in [-0.05, 0) is 49.6 Å². The summed E-state index contributed by atoms with van der Waals surface area (Å²) < 4.78 is 5.10. The third-order valence-corrected chi connectivity index (χ3v) is 8.75. The standard InChI is InChI=1S/C36H34N8O3/c1-23(39-35(46)31-24(2)40-43-16-8-15-37-34(31)43)30-19-26-10-7-9-25(32(26)36(47)44(30)29-11-5-4-6-12-29)13-14-27-20-38-41(3)33(27)28-21-42(22-28)17-18-45/h4-12,15-16,19-20,23,28,45H,17-18,21-22H2,1-3H3,(H,39,46)/t23-/m1/s1. The number of likely N-dealkylation sites (tertiary alicyclic amines) is 1. The molecule has 0 aliphatic carbocycles. The highest BCUT2D eigenvalue weighted by Crippen LogP contribution is 2.29. The Labute approximate surface area is 271 Å². The molecule has 2 aromatic carbocycles. The maximum atomic E-state index is 14.5. The van der Waals surface area contributed by atoms with E-state index < -0.39 is 6.04 Å². The molecule has 11 heteroatoms. The van der Waals surface area contributed by atoms with Gasteiger partial charge in [0.2, 0.25) is 0 Å². The van der Waals surface area contributed by atoms with Crippen LogP contribution in [0.4, 0.5) is 0 Å². The number of aromatic nitrogens is 6. The van der Waals surface area contributed by atoms with Crippen molar-refractivity contribution in [2.75, 3.05) is 26.2 Å². The van der Waals surface area contributed by atoms with Crippen molar-refractivity contribution in [3.63, 3.8) is 0 Å². The second kappa shape index (κ2) is 12.3. The summed E-state index contributed by atoms with van der Waals surface area (Å²) in [5, 5.41) is 22.5. The summed E-state index contributed by atoms with van der Waals surface area (Å²) in [6.45, 7) is 6.12. The zero-order chi connectivity index (χ0) is 32.7. The van der Waals surface area contributed by atoms with E-state index >= 15 is 0 Å². The fourth-order valence-corrected chi connectivity index (χ4v) is 6.48. The molecule has 4 aromatic heterocycles. The molecule has 0 radical (unpaired) electrons. The summed E-state index contributed by atoms with van der Waals surface area (Å²) in [6, 6.07) is 18.2. The zero-order valence-electron chi connectivity index (χ0n) is 26.4. The van der Waals surface area contributed by atoms with E-state index in [2.05, 4.69) is 37.2 Å². The van der Waals surface area contributed by atoms with Crippen LogP contribution >= 0.6 is 0 Å². The third kappa shape index (κ3) is 5.48. The number of β-amino-alcohol motifs (C(OH)–C–C–N with tert-alkyl or cyclic N) is 1. The molecule has 1 atom stereocenters. The molecule has 236 valence electrons. The number of fused-ring (bicyclic) bond motifs is 2. The largest absolute Gasteiger partial charge is 0.395 e. The lowest BCUT2D eigenvalue weighted by Gasteiger charge is -2.39. The van der Waals surface area contributed by atoms with Crippen LogP contribution in [0.15, 0.2) is 84.0 Å². The monoisotopic (exact) mass is 626 g/mol. The average Bonchev–Trinajstić information content (AvgIpc) is 3.59. The Bertz CT molecular complexity index is 2250. The topological polar surface area (TPSA) is 123 Å². The number of aliphatic hydroxyl groups excluding tert-OH is 1. The Balaban J connectivity index is 1.29. The molecule has 0 unspecified atom stereocenters. The van der Waals surface area contributed by atoms with Gasteiger partial charge in [-0.1, -0.05) is 42.2 Å². The summed E-state index contributed by atoms with van der Waals surface area (Å²) in [5.74, 6) is 6.54. The first-order valence-electron chi connectivity index (χ1n) is 15.6. The van der Waals surface area contributed by atoms with Gasteiger partial charge in [-0.2, -0.15) is 10.2 Å². The highest BCUT2D eigenvalue weighted by Gasteiger charge is 2.31. The number of benzene rings is 2. The molecular weight excluding hydrogens is 592 g/mol. The fraction of sp³-hybridized carbons (Fsp3) is 0.250. The summed E-state index contributed by atoms with van der Waals surface area (Å²) in [5.41, 5.74) is 4.99. The molecule has 0 spiro atoms. The Hall–Kier alpha value is -5.57. The normalized spacial score (nSPS) is 14.1. The number of pyridine rings is 1. The SMILES string of the molecule is Cc1nn2cccnc2c1C(=O)N[C@H](C)c1cc2cccc(C#Cc3cnn(C)c3C3CN(CCO)C3)c2c(=O)n1-c1ccccc1. The van der Waals surface area contributed by atoms with Gasteiger partial charge in [0.05, 0.1) is 41.2 Å². The molecule has 0 bridgehead atoms. The van der Waals surface area contributed by atoms with E-state index in [1.165, 1.54) is 0 Å². The number of carbonyl (C=O) groups is 1. The van der Waals surface area contributed by atoms with Gasteiger partial charge < -0.3 is 10.4 Å². The maximum Gasteiger partial charge on any atom is 0.264 e. The maximum absolute atomic E-state index is 14.5. The van der Waals surface area contributed by atoms with Gasteiger partial charge in [0.25, 0.3) is 11.5 Å². The van der Waals surface area contributed by atoms with Crippen LogP contribution in [0.1, 0.15) is 57.5 Å². The summed E-state index contributed by atoms with van der Waals surface area (Å²) in [6.07, 6.45) is 5.15. The van der Waals surface area contributed by atoms with Gasteiger partial charge in [0, 0.05) is 61.9 Å². The van der Waals surface area contributed by atoms with E-state index in [9.17, 15) is 14.7 Å². The van der Waals surface area contributed by atoms with Crippen molar-refractivity contribution in [1.82, 2.24) is 39.2 Å². The van der Waals surface area contributed by atoms with Crippen LogP contribution in [0.2, 0.25) is 0 Å². The number of hydrogen-bond donors (Lipinski definition) is 2. The van der Waals surface area contributed by atoms with Crippen LogP contribution in [0.5, 0.6) is 0 Å². The number of carbonyl (C=O) groups excluding carboxylic acids is 1. The predicted molar refractivity (Wildman–Crippen MR) is 179 cm³/mol. The van der Waals surface area contributed by atoms with Gasteiger partial charge in [-0.3, -0.25) is 23.7 Å². The Morgan fingerprint density at radius 3 is 2.66 bits per heavy atom. The minimum absolute atomic E-state index is 0.137. The van der Waals surface area contributed by atoms with Gasteiger partial charge in [-0.15, -0.1) is 0 Å². The van der Waals surface area contributed by atoms with E-state index in [4.69, 9.17) is 0 Å². The molecule has 0 saturated carbocycles. The molecule has 1 saturated heterocycles. The molecule has 5 heterocycles. The van der Waals surface area contributed by atoms with Crippen LogP contribution in [0.3, 0.4) is 0 Å². The Morgan fingerprint density at radius 2 is 1.87 bits per heavy atom. The number of aliphatic hydroxyl groups is 1. The van der Waals surface area contributed by atoms with E-state index in [1.54, 1.807) is 40.7 Å². The molecule has 11 nitrogen and oxygen atoms in total. The van der Waals surface area contributed by atoms with E-state index in [0.717, 1.165) is 29.7 Å². The Kier molecular flexibility index (Phi) is 7.89. The molecule has 7 rings (SSSR count). The molecular formula is C36H34N8O3. The van der Waals surface area contributed by atoms with Crippen molar-refractivity contribution >= 4 is 22.3 Å². The van der Waals surface area contributed by atoms with Crippen LogP contribution < -0.4 is 10.9 Å². The predicted octanol–water partition coefficient (Wildman–Crippen LogP) is 3.36. The highest BCUT2D eigenvalue weighted by molar-refractivity contribution is 6.01. The zero-order valence-corrected chi connectivity index (χ0v) is 26.4. The first kappa shape index (κ1) is 30.1. The van der Waals surface area contributed by atoms with Gasteiger partial charge in [-0.25, -0.2) is 9.50 Å². The van der Waals surface area contributed by atoms with Crippen molar-refractivity contribution in [3.05, 3.63) is 123 Å². The van der Waals surface area contributed by atoms with Crippen LogP contribution in [-0.2, 0) is 7.05 Å². The van der Waals surface area contributed by atoms with Crippen molar-refractivity contribution in [1.29, 1.82) is 0 Å². The molecule has 1 fully saturated rings. The van der Waals surface area contributed by atoms with E-state index in [1.807, 2.05) is 73.3 Å². The molecule has 47 heavy (non-hydrogen) atoms. The number of nitrogens with one attached hydrogen (secondary N) is 1. The number of para-hydroxylation sites is 1. The van der Waals surface area contributed by atoms with Gasteiger partial charge in [0.15, 0.2) is 5.65 Å². The molecule has 6 aromatic rings. The second-order valence-corrected chi connectivity index (χ2v) is 11.9. The summed E-state index contributed by atoms with van der Waals surface area (Å²) in [4.78, 5) is 34.7. The number of nitrogens with zero attached hydrogens (tertiary/aromatic N) is 7. The fourth-order valence-electron chi connectivity index (χ4n) is 6.48. The minimum atomic E-state index is -0.543. The third-order valence-electron chi connectivity index (χ3n) is 8.75.